The number of rotatable bonds is 10. The smallest absolute Gasteiger partial charge is 0.192 e. The van der Waals surface area contributed by atoms with Crippen molar-refractivity contribution in [2.75, 3.05) is 6.61 Å². The summed E-state index contributed by atoms with van der Waals surface area (Å²) in [6.07, 6.45) is 15.2. The van der Waals surface area contributed by atoms with Gasteiger partial charge in [0.2, 0.25) is 0 Å². The SMILES string of the molecule is C[C@H](CCC[C@@H](C)[C@H]1[C@@H](O)C[C@H]2[C@@H]3CC=C4C[C@@H](O[Si](C)(C)C(C)(C)C)CC[C@]4(C)[C@H]3CC[C@]12C)CO[Si](C)(C)C(C)(C)C. The molecule has 0 aromatic carbocycles. The van der Waals surface area contributed by atoms with E-state index in [0.29, 0.717) is 35.2 Å². The van der Waals surface area contributed by atoms with Crippen LogP contribution < -0.4 is 0 Å². The van der Waals surface area contributed by atoms with Crippen molar-refractivity contribution >= 4 is 16.6 Å². The monoisotopic (exact) mass is 647 g/mol. The van der Waals surface area contributed by atoms with Gasteiger partial charge < -0.3 is 14.0 Å². The molecule has 0 bridgehead atoms. The van der Waals surface area contributed by atoms with Crippen molar-refractivity contribution in [3.8, 4) is 0 Å². The topological polar surface area (TPSA) is 38.7 Å². The van der Waals surface area contributed by atoms with Gasteiger partial charge in [0.05, 0.1) is 6.10 Å². The largest absolute Gasteiger partial charge is 0.417 e. The average molecular weight is 647 g/mol. The van der Waals surface area contributed by atoms with Crippen molar-refractivity contribution in [3.63, 3.8) is 0 Å². The van der Waals surface area contributed by atoms with Crippen LogP contribution in [-0.4, -0.2) is 40.6 Å². The highest BCUT2D eigenvalue weighted by Gasteiger charge is 2.61. The van der Waals surface area contributed by atoms with Crippen LogP contribution in [0.4, 0.5) is 0 Å². The third kappa shape index (κ3) is 7.08. The van der Waals surface area contributed by atoms with E-state index in [1.807, 2.05) is 0 Å². The van der Waals surface area contributed by atoms with Gasteiger partial charge in [-0.25, -0.2) is 0 Å². The number of fused-ring (bicyclic) bond motifs is 5. The number of hydrogen-bond donors (Lipinski definition) is 1. The molecule has 44 heavy (non-hydrogen) atoms. The lowest BCUT2D eigenvalue weighted by Gasteiger charge is -2.58. The highest BCUT2D eigenvalue weighted by atomic mass is 28.4. The zero-order valence-corrected chi connectivity index (χ0v) is 33.7. The van der Waals surface area contributed by atoms with Gasteiger partial charge >= 0.3 is 0 Å². The Kier molecular flexibility index (Phi) is 10.7. The second-order valence-corrected chi connectivity index (χ2v) is 29.5. The molecular formula is C39H74O3Si2. The molecule has 4 aliphatic rings. The van der Waals surface area contributed by atoms with Crippen LogP contribution in [0.25, 0.3) is 0 Å². The van der Waals surface area contributed by atoms with Crippen LogP contribution in [0.1, 0.15) is 133 Å². The predicted molar refractivity (Wildman–Crippen MR) is 194 cm³/mol. The first kappa shape index (κ1) is 36.9. The van der Waals surface area contributed by atoms with Crippen molar-refractivity contribution < 1.29 is 14.0 Å². The molecule has 0 unspecified atom stereocenters. The van der Waals surface area contributed by atoms with Crippen molar-refractivity contribution in [2.45, 2.75) is 182 Å². The van der Waals surface area contributed by atoms with Crippen LogP contribution in [-0.2, 0) is 8.85 Å². The molecule has 0 amide bonds. The Morgan fingerprint density at radius 3 is 2.16 bits per heavy atom. The van der Waals surface area contributed by atoms with Gasteiger partial charge in [0.25, 0.3) is 0 Å². The summed E-state index contributed by atoms with van der Waals surface area (Å²) in [5.41, 5.74) is 2.32. The second kappa shape index (κ2) is 12.8. The van der Waals surface area contributed by atoms with Crippen LogP contribution in [0, 0.1) is 46.3 Å². The molecule has 1 N–H and O–H groups in total. The highest BCUT2D eigenvalue weighted by Crippen LogP contribution is 2.67. The molecule has 5 heteroatoms. The second-order valence-electron chi connectivity index (χ2n) is 20.0. The van der Waals surface area contributed by atoms with E-state index in [9.17, 15) is 5.11 Å². The first-order valence-corrected chi connectivity index (χ1v) is 24.5. The molecule has 0 aromatic heterocycles. The quantitative estimate of drug-likeness (QED) is 0.190. The van der Waals surface area contributed by atoms with Crippen LogP contribution in [0.15, 0.2) is 11.6 Å². The molecule has 4 aliphatic carbocycles. The minimum atomic E-state index is -1.76. The zero-order chi connectivity index (χ0) is 33.1. The Bertz CT molecular complexity index is 1020. The lowest BCUT2D eigenvalue weighted by molar-refractivity contribution is -0.0613. The Hall–Kier alpha value is 0.0538. The molecule has 3 fully saturated rings. The summed E-state index contributed by atoms with van der Waals surface area (Å²) in [7, 11) is -3.44. The lowest BCUT2D eigenvalue weighted by atomic mass is 9.47. The van der Waals surface area contributed by atoms with Crippen LogP contribution >= 0.6 is 0 Å². The van der Waals surface area contributed by atoms with Gasteiger partial charge in [-0.3, -0.25) is 0 Å². The minimum absolute atomic E-state index is 0.134. The number of hydrogen-bond acceptors (Lipinski definition) is 3. The van der Waals surface area contributed by atoms with E-state index < -0.39 is 16.6 Å². The molecule has 3 nitrogen and oxygen atoms in total. The van der Waals surface area contributed by atoms with Crippen LogP contribution in [0.5, 0.6) is 0 Å². The van der Waals surface area contributed by atoms with Crippen LogP contribution in [0.2, 0.25) is 36.3 Å². The van der Waals surface area contributed by atoms with E-state index in [1.165, 1.54) is 51.4 Å². The predicted octanol–water partition coefficient (Wildman–Crippen LogP) is 11.4. The van der Waals surface area contributed by atoms with Gasteiger partial charge in [-0.15, -0.1) is 0 Å². The summed E-state index contributed by atoms with van der Waals surface area (Å²) < 4.78 is 13.5. The molecular weight excluding hydrogens is 573 g/mol. The van der Waals surface area contributed by atoms with Gasteiger partial charge in [0.15, 0.2) is 16.6 Å². The zero-order valence-electron chi connectivity index (χ0n) is 31.7. The number of allylic oxidation sites excluding steroid dienone is 1. The van der Waals surface area contributed by atoms with Crippen molar-refractivity contribution in [1.82, 2.24) is 0 Å². The Morgan fingerprint density at radius 2 is 1.55 bits per heavy atom. The summed E-state index contributed by atoms with van der Waals surface area (Å²) in [5.74, 6) is 3.81. The molecule has 0 spiro atoms. The third-order valence-corrected chi connectivity index (χ3v) is 24.0. The van der Waals surface area contributed by atoms with E-state index in [-0.39, 0.29) is 21.6 Å². The molecule has 0 aliphatic heterocycles. The summed E-state index contributed by atoms with van der Waals surface area (Å²) in [4.78, 5) is 0. The van der Waals surface area contributed by atoms with Crippen molar-refractivity contribution in [3.05, 3.63) is 11.6 Å². The highest BCUT2D eigenvalue weighted by molar-refractivity contribution is 6.74. The van der Waals surface area contributed by atoms with Crippen LogP contribution in [0.3, 0.4) is 0 Å². The maximum Gasteiger partial charge on any atom is 0.192 e. The van der Waals surface area contributed by atoms with E-state index in [0.717, 1.165) is 31.3 Å². The summed E-state index contributed by atoms with van der Waals surface area (Å²) in [6.45, 7) is 34.6. The van der Waals surface area contributed by atoms with E-state index in [2.05, 4.69) is 102 Å². The number of aliphatic hydroxyl groups excluding tert-OH is 1. The van der Waals surface area contributed by atoms with Crippen molar-refractivity contribution in [2.24, 2.45) is 46.3 Å². The molecule has 0 aromatic rings. The minimum Gasteiger partial charge on any atom is -0.417 e. The molecule has 0 radical (unpaired) electrons. The molecule has 3 saturated carbocycles. The first-order chi connectivity index (χ1) is 20.0. The maximum atomic E-state index is 11.7. The summed E-state index contributed by atoms with van der Waals surface area (Å²) in [6, 6.07) is 0. The van der Waals surface area contributed by atoms with Crippen molar-refractivity contribution in [1.29, 1.82) is 0 Å². The fourth-order valence-electron chi connectivity index (χ4n) is 10.0. The average Bonchev–Trinajstić information content (AvgIpc) is 3.16. The van der Waals surface area contributed by atoms with E-state index in [1.54, 1.807) is 5.57 Å². The lowest BCUT2D eigenvalue weighted by Crippen LogP contribution is -2.52. The molecule has 0 saturated heterocycles. The summed E-state index contributed by atoms with van der Waals surface area (Å²) in [5, 5.41) is 12.2. The third-order valence-electron chi connectivity index (χ3n) is 14.9. The molecule has 256 valence electrons. The molecule has 4 rings (SSSR count). The molecule has 10 atom stereocenters. The fourth-order valence-corrected chi connectivity index (χ4v) is 12.5. The van der Waals surface area contributed by atoms with Gasteiger partial charge in [-0.05, 0) is 134 Å². The molecule has 0 heterocycles. The fraction of sp³-hybridized carbons (Fsp3) is 0.949. The van der Waals surface area contributed by atoms with E-state index >= 15 is 0 Å². The summed E-state index contributed by atoms with van der Waals surface area (Å²) >= 11 is 0. The van der Waals surface area contributed by atoms with E-state index in [4.69, 9.17) is 8.85 Å². The number of aliphatic hydroxyl groups is 1. The Balaban J connectivity index is 1.37. The first-order valence-electron chi connectivity index (χ1n) is 18.7. The normalized spacial score (nSPS) is 37.9. The maximum absolute atomic E-state index is 11.7. The Labute approximate surface area is 276 Å². The van der Waals surface area contributed by atoms with Gasteiger partial charge in [0, 0.05) is 12.7 Å². The van der Waals surface area contributed by atoms with Gasteiger partial charge in [-0.2, -0.15) is 0 Å². The van der Waals surface area contributed by atoms with Gasteiger partial charge in [0.1, 0.15) is 0 Å². The van der Waals surface area contributed by atoms with Gasteiger partial charge in [-0.1, -0.05) is 93.7 Å². The standard InChI is InChI=1S/C39H74O3Si2/c1-27(26-41-43(11,12)36(3,4)5)16-15-17-28(2)35-34(40)25-33-31-19-18-29-24-30(42-44(13,14)37(6,7)8)20-22-38(29,9)32(31)21-23-39(33,35)10/h18,27-28,30-35,40H,15-17,19-26H2,1-14H3/t27-,28-,30+,31-,32+,33+,34+,35+,38+,39+/m1/s1. The Morgan fingerprint density at radius 1 is 0.909 bits per heavy atom.